The molecule has 6 heteroatoms. The lowest BCUT2D eigenvalue weighted by Gasteiger charge is -2.17. The Labute approximate surface area is 113 Å². The van der Waals surface area contributed by atoms with Crippen molar-refractivity contribution in [1.29, 1.82) is 0 Å². The molecule has 1 saturated heterocycles. The van der Waals surface area contributed by atoms with Crippen molar-refractivity contribution in [2.75, 3.05) is 19.7 Å². The maximum Gasteiger partial charge on any atom is 0.313 e. The van der Waals surface area contributed by atoms with Gasteiger partial charge in [0.2, 0.25) is 0 Å². The molecule has 0 radical (unpaired) electrons. The summed E-state index contributed by atoms with van der Waals surface area (Å²) in [5.74, 6) is 1.09. The Morgan fingerprint density at radius 2 is 2.05 bits per heavy atom. The van der Waals surface area contributed by atoms with Gasteiger partial charge in [0.15, 0.2) is 5.82 Å². The van der Waals surface area contributed by atoms with Crippen LogP contribution in [0.4, 0.5) is 0 Å². The van der Waals surface area contributed by atoms with E-state index in [0.717, 1.165) is 25.5 Å². The number of ether oxygens (including phenoxy) is 1. The van der Waals surface area contributed by atoms with Gasteiger partial charge in [-0.25, -0.2) is 4.98 Å². The maximum atomic E-state index is 11.3. The zero-order chi connectivity index (χ0) is 13.5. The maximum absolute atomic E-state index is 11.3. The van der Waals surface area contributed by atoms with Crippen molar-refractivity contribution in [2.24, 2.45) is 0 Å². The van der Waals surface area contributed by atoms with Crippen molar-refractivity contribution in [3.05, 3.63) is 11.6 Å². The van der Waals surface area contributed by atoms with E-state index in [-0.39, 0.29) is 12.4 Å². The van der Waals surface area contributed by atoms with Crippen molar-refractivity contribution in [3.63, 3.8) is 0 Å². The number of nitrogens with zero attached hydrogens (tertiary/aromatic N) is 3. The third-order valence-corrected chi connectivity index (χ3v) is 3.26. The molecule has 1 aromatic heterocycles. The Morgan fingerprint density at radius 1 is 1.32 bits per heavy atom. The molecule has 1 aliphatic rings. The quantitative estimate of drug-likeness (QED) is 0.813. The summed E-state index contributed by atoms with van der Waals surface area (Å²) in [6.45, 7) is 5.18. The van der Waals surface area contributed by atoms with Crippen molar-refractivity contribution in [1.82, 2.24) is 20.1 Å². The van der Waals surface area contributed by atoms with Gasteiger partial charge in [-0.3, -0.25) is 14.8 Å². The van der Waals surface area contributed by atoms with Crippen LogP contribution >= 0.6 is 0 Å². The molecule has 106 valence electrons. The fourth-order valence-electron chi connectivity index (χ4n) is 2.33. The Kier molecular flexibility index (Phi) is 5.32. The third kappa shape index (κ3) is 4.63. The van der Waals surface area contributed by atoms with Gasteiger partial charge in [-0.15, -0.1) is 0 Å². The van der Waals surface area contributed by atoms with Crippen molar-refractivity contribution in [2.45, 2.75) is 45.6 Å². The second-order valence-electron chi connectivity index (χ2n) is 4.87. The smallest absolute Gasteiger partial charge is 0.313 e. The van der Waals surface area contributed by atoms with Gasteiger partial charge in [0.25, 0.3) is 0 Å². The molecular weight excluding hydrogens is 244 g/mol. The molecule has 0 bridgehead atoms. The molecule has 0 amide bonds. The number of rotatable bonds is 5. The minimum absolute atomic E-state index is 0.167. The number of carbonyl (C=O) groups excluding carboxylic acids is 1. The summed E-state index contributed by atoms with van der Waals surface area (Å²) in [5, 5.41) is 6.98. The first kappa shape index (κ1) is 14.0. The van der Waals surface area contributed by atoms with Gasteiger partial charge < -0.3 is 4.74 Å². The molecule has 2 heterocycles. The first-order valence-corrected chi connectivity index (χ1v) is 7.06. The molecule has 1 aromatic rings. The van der Waals surface area contributed by atoms with E-state index in [1.807, 2.05) is 0 Å². The molecular formula is C13H22N4O2. The van der Waals surface area contributed by atoms with Crippen LogP contribution in [0.5, 0.6) is 0 Å². The number of carbonyl (C=O) groups is 1. The summed E-state index contributed by atoms with van der Waals surface area (Å²) in [7, 11) is 0. The lowest BCUT2D eigenvalue weighted by atomic mass is 10.2. The minimum atomic E-state index is -0.264. The van der Waals surface area contributed by atoms with Crippen LogP contribution in [0.1, 0.15) is 44.3 Å². The van der Waals surface area contributed by atoms with Crippen LogP contribution in [0.15, 0.2) is 0 Å². The number of hydrogen-bond acceptors (Lipinski definition) is 5. The molecule has 19 heavy (non-hydrogen) atoms. The molecule has 0 spiro atoms. The van der Waals surface area contributed by atoms with E-state index in [1.54, 1.807) is 6.92 Å². The summed E-state index contributed by atoms with van der Waals surface area (Å²) in [6, 6.07) is 0. The molecule has 0 aromatic carbocycles. The molecule has 2 rings (SSSR count). The van der Waals surface area contributed by atoms with E-state index >= 15 is 0 Å². The Bertz CT molecular complexity index is 397. The van der Waals surface area contributed by atoms with Crippen LogP contribution in [0.25, 0.3) is 0 Å². The molecule has 0 atom stereocenters. The first-order chi connectivity index (χ1) is 9.28. The van der Waals surface area contributed by atoms with Crippen LogP contribution in [-0.4, -0.2) is 45.7 Å². The SMILES string of the molecule is CCOC(=O)Cc1nc(CN2CCCCCC2)n[nH]1. The highest BCUT2D eigenvalue weighted by Gasteiger charge is 2.13. The standard InChI is InChI=1S/C13H22N4O2/c1-2-19-13(18)9-11-14-12(16-15-11)10-17-7-5-3-4-6-8-17/h2-10H2,1H3,(H,14,15,16). The van der Waals surface area contributed by atoms with Gasteiger partial charge in [-0.05, 0) is 32.9 Å². The van der Waals surface area contributed by atoms with Crippen LogP contribution in [0, 0.1) is 0 Å². The summed E-state index contributed by atoms with van der Waals surface area (Å²) in [4.78, 5) is 18.1. The number of aromatic nitrogens is 3. The zero-order valence-electron chi connectivity index (χ0n) is 11.5. The highest BCUT2D eigenvalue weighted by atomic mass is 16.5. The average Bonchev–Trinajstić information content (AvgIpc) is 2.65. The van der Waals surface area contributed by atoms with Gasteiger partial charge in [0.05, 0.1) is 13.2 Å². The second kappa shape index (κ2) is 7.23. The fourth-order valence-corrected chi connectivity index (χ4v) is 2.33. The Morgan fingerprint density at radius 3 is 2.74 bits per heavy atom. The van der Waals surface area contributed by atoms with E-state index < -0.39 is 0 Å². The lowest BCUT2D eigenvalue weighted by Crippen LogP contribution is -2.24. The molecule has 1 aliphatic heterocycles. The number of likely N-dealkylation sites (tertiary alicyclic amines) is 1. The zero-order valence-corrected chi connectivity index (χ0v) is 11.5. The first-order valence-electron chi connectivity index (χ1n) is 7.06. The summed E-state index contributed by atoms with van der Waals surface area (Å²) < 4.78 is 4.88. The molecule has 0 saturated carbocycles. The van der Waals surface area contributed by atoms with Gasteiger partial charge in [0.1, 0.15) is 12.2 Å². The van der Waals surface area contributed by atoms with Gasteiger partial charge in [0, 0.05) is 0 Å². The van der Waals surface area contributed by atoms with Crippen molar-refractivity contribution < 1.29 is 9.53 Å². The van der Waals surface area contributed by atoms with Gasteiger partial charge >= 0.3 is 5.97 Å². The normalized spacial score (nSPS) is 17.1. The van der Waals surface area contributed by atoms with Crippen molar-refractivity contribution in [3.8, 4) is 0 Å². The molecule has 6 nitrogen and oxygen atoms in total. The second-order valence-corrected chi connectivity index (χ2v) is 4.87. The van der Waals surface area contributed by atoms with Crippen molar-refractivity contribution >= 4 is 5.97 Å². The van der Waals surface area contributed by atoms with E-state index in [2.05, 4.69) is 20.1 Å². The number of H-pyrrole nitrogens is 1. The third-order valence-electron chi connectivity index (χ3n) is 3.26. The summed E-state index contributed by atoms with van der Waals surface area (Å²) >= 11 is 0. The largest absolute Gasteiger partial charge is 0.466 e. The van der Waals surface area contributed by atoms with Crippen LogP contribution in [-0.2, 0) is 22.5 Å². The van der Waals surface area contributed by atoms with E-state index in [1.165, 1.54) is 25.7 Å². The van der Waals surface area contributed by atoms with Gasteiger partial charge in [-0.1, -0.05) is 12.8 Å². The Balaban J connectivity index is 1.84. The van der Waals surface area contributed by atoms with E-state index in [4.69, 9.17) is 4.74 Å². The van der Waals surface area contributed by atoms with Crippen LogP contribution < -0.4 is 0 Å². The van der Waals surface area contributed by atoms with Gasteiger partial charge in [-0.2, -0.15) is 5.10 Å². The molecule has 1 N–H and O–H groups in total. The summed E-state index contributed by atoms with van der Waals surface area (Å²) in [6.07, 6.45) is 5.30. The van der Waals surface area contributed by atoms with Crippen LogP contribution in [0.2, 0.25) is 0 Å². The average molecular weight is 266 g/mol. The number of nitrogens with one attached hydrogen (secondary N) is 1. The molecule has 1 fully saturated rings. The number of hydrogen-bond donors (Lipinski definition) is 1. The van der Waals surface area contributed by atoms with E-state index in [0.29, 0.717) is 12.4 Å². The highest BCUT2D eigenvalue weighted by molar-refractivity contribution is 5.71. The Hall–Kier alpha value is -1.43. The lowest BCUT2D eigenvalue weighted by molar-refractivity contribution is -0.142. The topological polar surface area (TPSA) is 71.1 Å². The van der Waals surface area contributed by atoms with Crippen LogP contribution in [0.3, 0.4) is 0 Å². The number of aromatic amines is 1. The monoisotopic (exact) mass is 266 g/mol. The minimum Gasteiger partial charge on any atom is -0.466 e. The van der Waals surface area contributed by atoms with E-state index in [9.17, 15) is 4.79 Å². The highest BCUT2D eigenvalue weighted by Crippen LogP contribution is 2.11. The predicted molar refractivity (Wildman–Crippen MR) is 70.5 cm³/mol. The molecule has 0 aliphatic carbocycles. The predicted octanol–water partition coefficient (Wildman–Crippen LogP) is 1.29. The number of esters is 1. The summed E-state index contributed by atoms with van der Waals surface area (Å²) in [5.41, 5.74) is 0. The molecule has 0 unspecified atom stereocenters. The fraction of sp³-hybridized carbons (Fsp3) is 0.769.